The van der Waals surface area contributed by atoms with Gasteiger partial charge in [-0.05, 0) is 219 Å². The summed E-state index contributed by atoms with van der Waals surface area (Å²) >= 11 is 6.21. The van der Waals surface area contributed by atoms with Crippen molar-refractivity contribution in [2.75, 3.05) is 65.5 Å². The highest BCUT2D eigenvalue weighted by atomic mass is 35.5. The molecule has 6 fully saturated rings. The van der Waals surface area contributed by atoms with Crippen molar-refractivity contribution in [3.63, 3.8) is 0 Å². The van der Waals surface area contributed by atoms with Crippen LogP contribution in [0.1, 0.15) is 196 Å². The molecule has 0 bridgehead atoms. The number of carbonyl (C=O) groups excluding carboxylic acids is 4. The molecule has 36 atom stereocenters. The van der Waals surface area contributed by atoms with Gasteiger partial charge in [0.05, 0.1) is 105 Å². The Labute approximate surface area is 794 Å². The largest absolute Gasteiger partial charge is 0.459 e. The van der Waals surface area contributed by atoms with Crippen LogP contribution in [0.2, 0.25) is 5.02 Å². The summed E-state index contributed by atoms with van der Waals surface area (Å²) in [4.78, 5) is 63.3. The first-order valence-corrected chi connectivity index (χ1v) is 49.6. The Morgan fingerprint density at radius 3 is 1.31 bits per heavy atom. The van der Waals surface area contributed by atoms with Gasteiger partial charge < -0.3 is 137 Å². The number of sulfonamides is 2. The standard InChI is InChI=1S/C48H79N5O16S.C44H74ClN3O15S/c1-15-35-48(11,60)40(55)30(7)53(45(58)49-32-16-18-33(19-17-32)70(61,62)51-36-21-27(4)69-50-36)24-25(2)22-46(9,59)42(68-44-38(54)34(52(12)13)20-26(3)64-44)28(5)39(29(6)43(57)66-35)67-37-23-47(10,63-14)41(56)31(8)65-37;1-14-32-44(10,55)36(50)27(6)48(41(53)46-64(56,57)31-18-16-15-17-29(31)45)22-23(2)20-42(8,54)38(63-40-34(49)30(47(11)12)19-24(3)59-40)25(4)35(26(5)39(52)61-32)62-33-21-43(9,58-13)37(51)28(7)60-33/h16-19,21,25-26,28-31,34-35,37-42,44,54-56,59-60H,15,20,22-24H2,1-14H3,(H,49,58)(H,50,51);15-18,23-28,30,32-38,40,49-51,54-55H,14,19-22H2,1-13H3,(H,46,53)/t25-,26-,28+,29-,30-,31+,34+,35-,37+,38-,39+,40-,41+,42-,44+,46-,47-,48-;23-,24-,25+,26-,27-,28+,30+,32-,33+,34-,35+,36-,37+,38-,40+,42-,43-,44-/m11/s1. The average molecular weight is 1970 g/mol. The topological polar surface area (TPSA) is 525 Å². The van der Waals surface area contributed by atoms with Crippen molar-refractivity contribution in [1.29, 1.82) is 0 Å². The number of nitrogens with zero attached hydrogens (tertiary/aromatic N) is 5. The van der Waals surface area contributed by atoms with Crippen LogP contribution < -0.4 is 14.8 Å². The highest BCUT2D eigenvalue weighted by molar-refractivity contribution is 7.92. The average Bonchev–Trinajstić information content (AvgIpc) is 1.02. The third-order valence-electron chi connectivity index (χ3n) is 28.0. The van der Waals surface area contributed by atoms with Gasteiger partial charge in [0, 0.05) is 75.8 Å². The molecule has 6 aliphatic heterocycles. The summed E-state index contributed by atoms with van der Waals surface area (Å²) in [6, 6.07) is 7.12. The van der Waals surface area contributed by atoms with Crippen molar-refractivity contribution < 1.29 is 148 Å². The second-order valence-electron chi connectivity index (χ2n) is 40.0. The van der Waals surface area contributed by atoms with E-state index in [1.165, 1.54) is 108 Å². The minimum atomic E-state index is -4.57. The van der Waals surface area contributed by atoms with Crippen LogP contribution in [0.5, 0.6) is 0 Å². The van der Waals surface area contributed by atoms with Crippen molar-refractivity contribution >= 4 is 67.2 Å². The maximum atomic E-state index is 14.6. The van der Waals surface area contributed by atoms with Gasteiger partial charge in [-0.1, -0.05) is 70.4 Å². The fourth-order valence-electron chi connectivity index (χ4n) is 20.0. The van der Waals surface area contributed by atoms with Crippen molar-refractivity contribution in [3.05, 3.63) is 65.4 Å². The Balaban J connectivity index is 0.000000331. The molecule has 4 amide bonds. The number of aromatic nitrogens is 1. The lowest BCUT2D eigenvalue weighted by Crippen LogP contribution is -2.61. The molecule has 3 aromatic rings. The first-order valence-electron chi connectivity index (χ1n) is 46.3. The molecular weight excluding hydrogens is 1810 g/mol. The van der Waals surface area contributed by atoms with Gasteiger partial charge in [0.15, 0.2) is 31.0 Å². The number of methoxy groups -OCH3 is 2. The molecule has 134 heavy (non-hydrogen) atoms. The van der Waals surface area contributed by atoms with E-state index in [-0.39, 0.29) is 96.2 Å². The molecule has 0 unspecified atom stereocenters. The van der Waals surface area contributed by atoms with Crippen LogP contribution in [0.4, 0.5) is 21.1 Å². The Kier molecular flexibility index (Phi) is 38.9. The van der Waals surface area contributed by atoms with E-state index in [9.17, 15) is 87.1 Å². The number of benzene rings is 2. The summed E-state index contributed by atoms with van der Waals surface area (Å²) in [6.07, 6.45) is -21.6. The summed E-state index contributed by atoms with van der Waals surface area (Å²) in [5.74, 6) is -6.79. The van der Waals surface area contributed by atoms with E-state index in [1.807, 2.05) is 56.6 Å². The molecule has 1 aromatic heterocycles. The lowest BCUT2D eigenvalue weighted by molar-refractivity contribution is -0.318. The van der Waals surface area contributed by atoms with Crippen molar-refractivity contribution in [2.45, 2.75) is 387 Å². The van der Waals surface area contributed by atoms with Crippen LogP contribution in [0, 0.1) is 42.4 Å². The van der Waals surface area contributed by atoms with E-state index in [0.29, 0.717) is 18.6 Å². The highest BCUT2D eigenvalue weighted by Gasteiger charge is 2.58. The Morgan fingerprint density at radius 2 is 0.948 bits per heavy atom. The number of rotatable bonds is 20. The lowest BCUT2D eigenvalue weighted by atomic mass is 9.77. The molecule has 39 nitrogen and oxygen atoms in total. The van der Waals surface area contributed by atoms with E-state index in [2.05, 4.69) is 15.2 Å². The molecule has 0 spiro atoms. The number of aliphatic hydroxyl groups excluding tert-OH is 6. The van der Waals surface area contributed by atoms with Crippen LogP contribution in [0.25, 0.3) is 0 Å². The number of hydrogen-bond donors (Lipinski definition) is 13. The van der Waals surface area contributed by atoms with Gasteiger partial charge in [-0.25, -0.2) is 31.1 Å². The number of cyclic esters (lactones) is 2. The number of amides is 4. The Morgan fingerprint density at radius 1 is 0.552 bits per heavy atom. The van der Waals surface area contributed by atoms with E-state index in [1.54, 1.807) is 96.9 Å². The third-order valence-corrected chi connectivity index (χ3v) is 31.2. The summed E-state index contributed by atoms with van der Waals surface area (Å²) in [5, 5.41) is 126. The zero-order chi connectivity index (χ0) is 101. The Bertz CT molecular complexity index is 4560. The van der Waals surface area contributed by atoms with Crippen LogP contribution >= 0.6 is 11.6 Å². The maximum Gasteiger partial charge on any atom is 0.331 e. The van der Waals surface area contributed by atoms with Crippen LogP contribution in [0.3, 0.4) is 0 Å². The number of aliphatic hydroxyl groups is 10. The number of hydrogen-bond acceptors (Lipinski definition) is 34. The fraction of sp³-hybridized carbons (Fsp3) is 0.793. The molecule has 7 heterocycles. The molecule has 0 saturated carbocycles. The van der Waals surface area contributed by atoms with Crippen molar-refractivity contribution in [2.24, 2.45) is 35.5 Å². The first kappa shape index (κ1) is 114. The van der Waals surface area contributed by atoms with E-state index in [4.69, 9.17) is 73.0 Å². The normalized spacial score (nSPS) is 41.0. The predicted molar refractivity (Wildman–Crippen MR) is 491 cm³/mol. The zero-order valence-corrected chi connectivity index (χ0v) is 85.0. The van der Waals surface area contributed by atoms with E-state index < -0.39 is 242 Å². The Hall–Kier alpha value is -5.76. The van der Waals surface area contributed by atoms with Crippen LogP contribution in [0.15, 0.2) is 68.9 Å². The lowest BCUT2D eigenvalue weighted by Gasteiger charge is -2.48. The van der Waals surface area contributed by atoms with Crippen LogP contribution in [-0.4, -0.2) is 353 Å². The van der Waals surface area contributed by atoms with Crippen molar-refractivity contribution in [1.82, 2.24) is 29.5 Å². The fourth-order valence-corrected chi connectivity index (χ4v) is 22.4. The summed E-state index contributed by atoms with van der Waals surface area (Å²) < 4.78 is 138. The zero-order valence-electron chi connectivity index (χ0n) is 82.6. The molecule has 2 aromatic carbocycles. The quantitative estimate of drug-likeness (QED) is 0.0528. The van der Waals surface area contributed by atoms with Gasteiger partial charge in [0.25, 0.3) is 20.0 Å². The molecule has 6 aliphatic rings. The molecule has 766 valence electrons. The van der Waals surface area contributed by atoms with Gasteiger partial charge in [-0.15, -0.1) is 0 Å². The van der Waals surface area contributed by atoms with Gasteiger partial charge >= 0.3 is 24.0 Å². The number of carbonyl (C=O) groups is 4. The number of aryl methyl sites for hydroxylation is 1. The smallest absolute Gasteiger partial charge is 0.331 e. The molecule has 9 rings (SSSR count). The van der Waals surface area contributed by atoms with Crippen LogP contribution in [-0.2, 0) is 86.5 Å². The number of likely N-dealkylation sites (N-methyl/N-ethyl adjacent to an activating group) is 2. The summed E-state index contributed by atoms with van der Waals surface area (Å²) in [7, 11) is 1.57. The van der Waals surface area contributed by atoms with Crippen molar-refractivity contribution in [3.8, 4) is 0 Å². The second-order valence-corrected chi connectivity index (χ2v) is 43.7. The van der Waals surface area contributed by atoms with Gasteiger partial charge in [-0.3, -0.25) is 14.3 Å². The number of urea groups is 2. The number of esters is 2. The minimum Gasteiger partial charge on any atom is -0.459 e. The van der Waals surface area contributed by atoms with E-state index >= 15 is 0 Å². The monoisotopic (exact) mass is 1960 g/mol. The third kappa shape index (κ3) is 26.7. The highest BCUT2D eigenvalue weighted by Crippen LogP contribution is 2.45. The molecule has 13 N–H and O–H groups in total. The summed E-state index contributed by atoms with van der Waals surface area (Å²) in [6.45, 7) is 33.6. The number of halogens is 1. The first-order chi connectivity index (χ1) is 62.0. The van der Waals surface area contributed by atoms with Gasteiger partial charge in [0.2, 0.25) is 0 Å². The molecule has 6 saturated heterocycles. The second kappa shape index (κ2) is 45.9. The van der Waals surface area contributed by atoms with Gasteiger partial charge in [-0.2, -0.15) is 0 Å². The number of nitrogens with one attached hydrogen (secondary N) is 3. The van der Waals surface area contributed by atoms with Gasteiger partial charge in [0.1, 0.15) is 70.7 Å². The maximum absolute atomic E-state index is 14.6. The minimum absolute atomic E-state index is 0.00425. The molecular formula is C92H153ClN8O31S2. The molecule has 42 heteroatoms. The SMILES string of the molecule is CC[C@H]1OC(=O)[C@H](C)[C@@H](O[C@H]2C[C@@](C)(OC)[C@@H](O)[C@H](C)O2)[C@H](C)[C@@H](O[C@@H]2O[C@H](C)C[C@H](N(C)C)[C@H]2O)[C@](C)(O)C[C@@H](C)CN(C(=O)NS(=O)(=O)c2ccccc2Cl)[C@H](C)[C@@H](O)[C@]1(C)O.CC[C@H]1OC(=O)[C@H](C)[C@@H](O[C@H]2C[C@@](C)(OC)[C@@H](O)[C@H](C)O2)[C@H](C)[C@@H](O[C@@H]2O[C@H](C)C[C@H](N(C)C)[C@H]2O)[C@](C)(O)C[C@@H](C)CN(C(=O)Nc2ccc(S(=O)(=O)Nc3cc(C)on3)cc2)[C@H](C)[C@@H](O)[C@]1(C)O. The molecule has 0 aliphatic carbocycles. The predicted octanol–water partition coefficient (Wildman–Crippen LogP) is 6.62. The number of anilines is 2. The summed E-state index contributed by atoms with van der Waals surface area (Å²) in [5.41, 5.74) is -10.1. The molecule has 0 radical (unpaired) electrons. The number of ether oxygens (including phenoxy) is 12. The van der Waals surface area contributed by atoms with E-state index in [0.717, 1.165) is 4.90 Å².